The first-order chi connectivity index (χ1) is 7.20. The molecule has 2 heteroatoms. The highest BCUT2D eigenvalue weighted by atomic mass is 16.3. The molecule has 0 aliphatic heterocycles. The number of ketones is 1. The number of phenolic OH excluding ortho intramolecular Hbond substituents is 1. The summed E-state index contributed by atoms with van der Waals surface area (Å²) in [5, 5.41) is 9.71. The van der Waals surface area contributed by atoms with Crippen LogP contribution in [0.3, 0.4) is 0 Å². The third-order valence-corrected chi connectivity index (χ3v) is 3.11. The summed E-state index contributed by atoms with van der Waals surface area (Å²) < 4.78 is 0. The van der Waals surface area contributed by atoms with Crippen LogP contribution in [0.4, 0.5) is 0 Å². The molecule has 0 heterocycles. The van der Waals surface area contributed by atoms with Gasteiger partial charge in [-0.05, 0) is 49.8 Å². The number of hydrogen-bond donors (Lipinski definition) is 1. The summed E-state index contributed by atoms with van der Waals surface area (Å²) in [5.41, 5.74) is 2.88. The van der Waals surface area contributed by atoms with Gasteiger partial charge in [0.25, 0.3) is 0 Å². The summed E-state index contributed by atoms with van der Waals surface area (Å²) in [5.74, 6) is 0.120. The van der Waals surface area contributed by atoms with Gasteiger partial charge in [-0.1, -0.05) is 12.5 Å². The lowest BCUT2D eigenvalue weighted by Crippen LogP contribution is -2.03. The molecule has 0 amide bonds. The third kappa shape index (κ3) is 1.89. The molecule has 1 N–H and O–H groups in total. The molecule has 0 spiro atoms. The summed E-state index contributed by atoms with van der Waals surface area (Å²) in [6, 6.07) is 3.61. The first-order valence-electron chi connectivity index (χ1n) is 5.55. The Kier molecular flexibility index (Phi) is 2.76. The smallest absolute Gasteiger partial charge is 0.163 e. The van der Waals surface area contributed by atoms with Gasteiger partial charge in [-0.2, -0.15) is 0 Å². The zero-order chi connectivity index (χ0) is 10.8. The fourth-order valence-corrected chi connectivity index (χ4v) is 2.39. The van der Waals surface area contributed by atoms with E-state index in [4.69, 9.17) is 0 Å². The van der Waals surface area contributed by atoms with Crippen molar-refractivity contribution in [2.45, 2.75) is 39.0 Å². The number of carbonyl (C=O) groups is 1. The lowest BCUT2D eigenvalue weighted by atomic mass is 9.94. The Hall–Kier alpha value is -1.31. The SMILES string of the molecule is CC(=O)c1c(O)ccc2c1CCCCC2. The monoisotopic (exact) mass is 204 g/mol. The first-order valence-corrected chi connectivity index (χ1v) is 5.55. The Morgan fingerprint density at radius 2 is 1.93 bits per heavy atom. The van der Waals surface area contributed by atoms with Crippen LogP contribution in [0.15, 0.2) is 12.1 Å². The van der Waals surface area contributed by atoms with Gasteiger partial charge in [-0.3, -0.25) is 4.79 Å². The summed E-state index contributed by atoms with van der Waals surface area (Å²) in [6.45, 7) is 1.53. The van der Waals surface area contributed by atoms with Gasteiger partial charge in [0, 0.05) is 0 Å². The predicted octanol–water partition coefficient (Wildman–Crippen LogP) is 2.86. The maximum absolute atomic E-state index is 11.5. The van der Waals surface area contributed by atoms with Gasteiger partial charge < -0.3 is 5.11 Å². The minimum Gasteiger partial charge on any atom is -0.507 e. The molecule has 2 rings (SSSR count). The molecule has 2 nitrogen and oxygen atoms in total. The highest BCUT2D eigenvalue weighted by Crippen LogP contribution is 2.30. The Labute approximate surface area is 89.9 Å². The number of fused-ring (bicyclic) bond motifs is 1. The summed E-state index contributed by atoms with van der Waals surface area (Å²) in [4.78, 5) is 11.5. The highest BCUT2D eigenvalue weighted by molar-refractivity contribution is 5.98. The lowest BCUT2D eigenvalue weighted by molar-refractivity contribution is 0.101. The van der Waals surface area contributed by atoms with Crippen LogP contribution in [0.25, 0.3) is 0 Å². The van der Waals surface area contributed by atoms with Crippen LogP contribution in [-0.2, 0) is 12.8 Å². The van der Waals surface area contributed by atoms with Crippen LogP contribution in [0.5, 0.6) is 5.75 Å². The number of benzene rings is 1. The number of aryl methyl sites for hydroxylation is 1. The third-order valence-electron chi connectivity index (χ3n) is 3.11. The van der Waals surface area contributed by atoms with Crippen LogP contribution >= 0.6 is 0 Å². The van der Waals surface area contributed by atoms with Gasteiger partial charge >= 0.3 is 0 Å². The van der Waals surface area contributed by atoms with E-state index in [0.717, 1.165) is 24.8 Å². The van der Waals surface area contributed by atoms with E-state index in [2.05, 4.69) is 0 Å². The largest absolute Gasteiger partial charge is 0.507 e. The maximum atomic E-state index is 11.5. The first kappa shape index (κ1) is 10.2. The molecule has 0 radical (unpaired) electrons. The van der Waals surface area contributed by atoms with E-state index in [1.165, 1.54) is 25.3 Å². The quantitative estimate of drug-likeness (QED) is 0.564. The molecule has 0 unspecified atom stereocenters. The van der Waals surface area contributed by atoms with Crippen LogP contribution in [0, 0.1) is 0 Å². The average molecular weight is 204 g/mol. The van der Waals surface area contributed by atoms with E-state index in [1.807, 2.05) is 6.07 Å². The molecule has 0 saturated heterocycles. The Bertz CT molecular complexity index is 394. The van der Waals surface area contributed by atoms with Crippen molar-refractivity contribution in [2.24, 2.45) is 0 Å². The topological polar surface area (TPSA) is 37.3 Å². The minimum atomic E-state index is -0.0220. The lowest BCUT2D eigenvalue weighted by Gasteiger charge is -2.11. The van der Waals surface area contributed by atoms with Crippen LogP contribution in [0.1, 0.15) is 47.7 Å². The zero-order valence-electron chi connectivity index (χ0n) is 9.05. The highest BCUT2D eigenvalue weighted by Gasteiger charge is 2.17. The number of rotatable bonds is 1. The van der Waals surface area contributed by atoms with Crippen LogP contribution in [0.2, 0.25) is 0 Å². The van der Waals surface area contributed by atoms with Gasteiger partial charge in [-0.25, -0.2) is 0 Å². The fourth-order valence-electron chi connectivity index (χ4n) is 2.39. The molecular formula is C13H16O2. The molecular weight excluding hydrogens is 188 g/mol. The summed E-state index contributed by atoms with van der Waals surface area (Å²) in [7, 11) is 0. The minimum absolute atomic E-state index is 0.0220. The van der Waals surface area contributed by atoms with E-state index in [-0.39, 0.29) is 11.5 Å². The Morgan fingerprint density at radius 1 is 1.20 bits per heavy atom. The van der Waals surface area contributed by atoms with Crippen molar-refractivity contribution >= 4 is 5.78 Å². The predicted molar refractivity (Wildman–Crippen MR) is 59.4 cm³/mol. The molecule has 0 atom stereocenters. The van der Waals surface area contributed by atoms with E-state index < -0.39 is 0 Å². The van der Waals surface area contributed by atoms with Crippen molar-refractivity contribution in [3.05, 3.63) is 28.8 Å². The normalized spacial score (nSPS) is 15.5. The van der Waals surface area contributed by atoms with E-state index in [1.54, 1.807) is 6.07 Å². The molecule has 0 fully saturated rings. The van der Waals surface area contributed by atoms with Crippen LogP contribution < -0.4 is 0 Å². The molecule has 0 saturated carbocycles. The van der Waals surface area contributed by atoms with Crippen molar-refractivity contribution in [1.29, 1.82) is 0 Å². The van der Waals surface area contributed by atoms with Crippen molar-refractivity contribution in [3.8, 4) is 5.75 Å². The molecule has 0 bridgehead atoms. The fraction of sp³-hybridized carbons (Fsp3) is 0.462. The van der Waals surface area contributed by atoms with Gasteiger partial charge in [-0.15, -0.1) is 0 Å². The summed E-state index contributed by atoms with van der Waals surface area (Å²) >= 11 is 0. The van der Waals surface area contributed by atoms with Crippen molar-refractivity contribution in [1.82, 2.24) is 0 Å². The molecule has 1 aliphatic carbocycles. The zero-order valence-corrected chi connectivity index (χ0v) is 9.05. The second-order valence-corrected chi connectivity index (χ2v) is 4.21. The molecule has 0 aromatic heterocycles. The number of Topliss-reactive ketones (excluding diaryl/α,β-unsaturated/α-hetero) is 1. The van der Waals surface area contributed by atoms with Crippen LogP contribution in [-0.4, -0.2) is 10.9 Å². The average Bonchev–Trinajstić information content (AvgIpc) is 2.41. The molecule has 1 aromatic carbocycles. The van der Waals surface area contributed by atoms with E-state index in [9.17, 15) is 9.90 Å². The van der Waals surface area contributed by atoms with Gasteiger partial charge in [0.15, 0.2) is 5.78 Å². The standard InChI is InChI=1S/C13H16O2/c1-9(14)13-11-6-4-2-3-5-10(11)7-8-12(13)15/h7-8,15H,2-6H2,1H3. The van der Waals surface area contributed by atoms with Gasteiger partial charge in [0.05, 0.1) is 5.56 Å². The van der Waals surface area contributed by atoms with Crippen molar-refractivity contribution in [3.63, 3.8) is 0 Å². The Balaban J connectivity index is 2.56. The molecule has 15 heavy (non-hydrogen) atoms. The number of hydrogen-bond acceptors (Lipinski definition) is 2. The second kappa shape index (κ2) is 4.05. The van der Waals surface area contributed by atoms with Gasteiger partial charge in [0.1, 0.15) is 5.75 Å². The summed E-state index contributed by atoms with van der Waals surface area (Å²) in [6.07, 6.45) is 5.49. The van der Waals surface area contributed by atoms with E-state index >= 15 is 0 Å². The molecule has 1 aliphatic rings. The Morgan fingerprint density at radius 3 is 2.67 bits per heavy atom. The molecule has 80 valence electrons. The maximum Gasteiger partial charge on any atom is 0.163 e. The number of phenols is 1. The van der Waals surface area contributed by atoms with Crippen molar-refractivity contribution < 1.29 is 9.90 Å². The second-order valence-electron chi connectivity index (χ2n) is 4.21. The number of carbonyl (C=O) groups excluding carboxylic acids is 1. The number of aromatic hydroxyl groups is 1. The van der Waals surface area contributed by atoms with Crippen molar-refractivity contribution in [2.75, 3.05) is 0 Å². The van der Waals surface area contributed by atoms with Gasteiger partial charge in [0.2, 0.25) is 0 Å². The van der Waals surface area contributed by atoms with E-state index in [0.29, 0.717) is 5.56 Å². The molecule has 1 aromatic rings.